The fourth-order valence-electron chi connectivity index (χ4n) is 5.79. The number of rotatable bonds is 7. The summed E-state index contributed by atoms with van der Waals surface area (Å²) >= 11 is 0. The average molecular weight is 537 g/mol. The molecule has 1 aliphatic heterocycles. The lowest BCUT2D eigenvalue weighted by molar-refractivity contribution is -0.155. The van der Waals surface area contributed by atoms with Crippen LogP contribution in [0.4, 0.5) is 5.69 Å². The fourth-order valence-corrected chi connectivity index (χ4v) is 5.79. The molecule has 4 rings (SSSR count). The number of amides is 1. The molecule has 3 N–H and O–H groups in total. The number of benzene rings is 2. The summed E-state index contributed by atoms with van der Waals surface area (Å²) in [5, 5.41) is 24.2. The van der Waals surface area contributed by atoms with Gasteiger partial charge in [0.1, 0.15) is 17.1 Å². The zero-order chi connectivity index (χ0) is 28.3. The Kier molecular flexibility index (Phi) is 8.77. The SMILES string of the molecule is CC(C)c1cc(C(=O)N2Cc3ccc(NC4CCCC(CCC(=O)OC(C)(C)C)CC4)cc3C2)c(O)cc1O. The van der Waals surface area contributed by atoms with E-state index < -0.39 is 5.60 Å². The van der Waals surface area contributed by atoms with Crippen LogP contribution in [-0.2, 0) is 22.6 Å². The number of nitrogens with one attached hydrogen (secondary N) is 1. The minimum atomic E-state index is -0.430. The molecule has 0 radical (unpaired) electrons. The van der Waals surface area contributed by atoms with Gasteiger partial charge in [-0.25, -0.2) is 0 Å². The Balaban J connectivity index is 1.33. The summed E-state index contributed by atoms with van der Waals surface area (Å²) in [6.45, 7) is 10.6. The number of hydrogen-bond acceptors (Lipinski definition) is 6. The van der Waals surface area contributed by atoms with Crippen molar-refractivity contribution in [1.82, 2.24) is 4.90 Å². The summed E-state index contributed by atoms with van der Waals surface area (Å²) in [7, 11) is 0. The highest BCUT2D eigenvalue weighted by Crippen LogP contribution is 2.35. The number of aromatic hydroxyl groups is 2. The van der Waals surface area contributed by atoms with E-state index in [9.17, 15) is 19.8 Å². The highest BCUT2D eigenvalue weighted by molar-refractivity contribution is 5.97. The van der Waals surface area contributed by atoms with Gasteiger partial charge in [0.15, 0.2) is 0 Å². The first-order chi connectivity index (χ1) is 18.4. The van der Waals surface area contributed by atoms with E-state index in [2.05, 4.69) is 23.5 Å². The van der Waals surface area contributed by atoms with E-state index in [1.165, 1.54) is 6.07 Å². The van der Waals surface area contributed by atoms with Gasteiger partial charge in [0.25, 0.3) is 5.91 Å². The molecule has 2 aliphatic rings. The highest BCUT2D eigenvalue weighted by atomic mass is 16.6. The van der Waals surface area contributed by atoms with Gasteiger partial charge < -0.3 is 25.2 Å². The third-order valence-corrected chi connectivity index (χ3v) is 7.85. The van der Waals surface area contributed by atoms with E-state index >= 15 is 0 Å². The van der Waals surface area contributed by atoms with Crippen LogP contribution in [0.15, 0.2) is 30.3 Å². The molecule has 2 unspecified atom stereocenters. The minimum absolute atomic E-state index is 0.00680. The van der Waals surface area contributed by atoms with Crippen LogP contribution >= 0.6 is 0 Å². The molecule has 1 amide bonds. The van der Waals surface area contributed by atoms with Crippen LogP contribution < -0.4 is 5.32 Å². The van der Waals surface area contributed by atoms with Crippen LogP contribution in [-0.4, -0.2) is 38.6 Å². The van der Waals surface area contributed by atoms with Crippen molar-refractivity contribution >= 4 is 17.6 Å². The van der Waals surface area contributed by atoms with E-state index in [1.54, 1.807) is 11.0 Å². The molecule has 1 heterocycles. The molecular weight excluding hydrogens is 492 g/mol. The fraction of sp³-hybridized carbons (Fsp3) is 0.562. The Hall–Kier alpha value is -3.22. The second-order valence-electron chi connectivity index (χ2n) is 12.6. The standard InChI is InChI=1S/C32H44N2O5/c1-20(2)26-16-27(29(36)17-28(26)35)31(38)34-18-22-11-13-25(15-23(22)19-34)33-24-8-6-7-21(9-12-24)10-14-30(37)39-32(3,4)5/h11,13,15-17,20-21,24,33,35-36H,6-10,12,14,18-19H2,1-5H3. The predicted molar refractivity (Wildman–Crippen MR) is 153 cm³/mol. The topological polar surface area (TPSA) is 99.1 Å². The minimum Gasteiger partial charge on any atom is -0.508 e. The monoisotopic (exact) mass is 536 g/mol. The number of anilines is 1. The van der Waals surface area contributed by atoms with E-state index in [1.807, 2.05) is 34.6 Å². The van der Waals surface area contributed by atoms with E-state index in [-0.39, 0.29) is 34.9 Å². The number of esters is 1. The normalized spacial score (nSPS) is 19.5. The molecule has 1 aliphatic carbocycles. The molecule has 2 atom stereocenters. The van der Waals surface area contributed by atoms with Crippen molar-refractivity contribution in [3.05, 3.63) is 52.6 Å². The van der Waals surface area contributed by atoms with Crippen molar-refractivity contribution in [2.24, 2.45) is 5.92 Å². The molecule has 7 heteroatoms. The van der Waals surface area contributed by atoms with Crippen LogP contribution in [0.2, 0.25) is 0 Å². The van der Waals surface area contributed by atoms with Gasteiger partial charge in [-0.1, -0.05) is 32.8 Å². The van der Waals surface area contributed by atoms with Crippen molar-refractivity contribution in [2.75, 3.05) is 5.32 Å². The molecule has 2 aromatic rings. The molecular formula is C32H44N2O5. The Morgan fingerprint density at radius 3 is 2.46 bits per heavy atom. The summed E-state index contributed by atoms with van der Waals surface area (Å²) in [6, 6.07) is 9.58. The second kappa shape index (κ2) is 11.9. The van der Waals surface area contributed by atoms with Crippen LogP contribution in [0.5, 0.6) is 11.5 Å². The molecule has 0 spiro atoms. The largest absolute Gasteiger partial charge is 0.508 e. The van der Waals surface area contributed by atoms with Crippen LogP contribution in [0.3, 0.4) is 0 Å². The number of fused-ring (bicyclic) bond motifs is 1. The molecule has 7 nitrogen and oxygen atoms in total. The number of nitrogens with zero attached hydrogens (tertiary/aromatic N) is 1. The first kappa shape index (κ1) is 28.8. The molecule has 39 heavy (non-hydrogen) atoms. The van der Waals surface area contributed by atoms with Gasteiger partial charge in [-0.15, -0.1) is 0 Å². The average Bonchev–Trinajstić information content (AvgIpc) is 3.14. The number of phenolic OH excluding ortho intramolecular Hbond substituents is 2. The summed E-state index contributed by atoms with van der Waals surface area (Å²) in [5.41, 5.74) is 3.73. The smallest absolute Gasteiger partial charge is 0.306 e. The predicted octanol–water partition coefficient (Wildman–Crippen LogP) is 6.86. The second-order valence-corrected chi connectivity index (χ2v) is 12.6. The highest BCUT2D eigenvalue weighted by Gasteiger charge is 2.28. The van der Waals surface area contributed by atoms with Crippen LogP contribution in [0.25, 0.3) is 0 Å². The molecule has 2 aromatic carbocycles. The van der Waals surface area contributed by atoms with Crippen molar-refractivity contribution < 1.29 is 24.5 Å². The van der Waals surface area contributed by atoms with E-state index in [4.69, 9.17) is 4.74 Å². The third kappa shape index (κ3) is 7.46. The Bertz CT molecular complexity index is 1200. The van der Waals surface area contributed by atoms with Gasteiger partial charge in [0.2, 0.25) is 0 Å². The summed E-state index contributed by atoms with van der Waals surface area (Å²) in [6.07, 6.45) is 6.92. The van der Waals surface area contributed by atoms with Gasteiger partial charge in [0.05, 0.1) is 5.56 Å². The maximum Gasteiger partial charge on any atom is 0.306 e. The Morgan fingerprint density at radius 2 is 1.74 bits per heavy atom. The summed E-state index contributed by atoms with van der Waals surface area (Å²) in [4.78, 5) is 27.2. The van der Waals surface area contributed by atoms with Gasteiger partial charge in [-0.3, -0.25) is 9.59 Å². The van der Waals surface area contributed by atoms with Crippen molar-refractivity contribution in [3.8, 4) is 11.5 Å². The maximum absolute atomic E-state index is 13.3. The summed E-state index contributed by atoms with van der Waals surface area (Å²) < 4.78 is 5.47. The van der Waals surface area contributed by atoms with Crippen LogP contribution in [0, 0.1) is 5.92 Å². The zero-order valence-corrected chi connectivity index (χ0v) is 24.0. The number of hydrogen-bond donors (Lipinski definition) is 3. The number of carbonyl (C=O) groups is 2. The first-order valence-electron chi connectivity index (χ1n) is 14.3. The van der Waals surface area contributed by atoms with Gasteiger partial charge in [-0.05, 0) is 93.2 Å². The van der Waals surface area contributed by atoms with Gasteiger partial charge in [0, 0.05) is 37.3 Å². The zero-order valence-electron chi connectivity index (χ0n) is 24.0. The van der Waals surface area contributed by atoms with E-state index in [0.717, 1.165) is 55.3 Å². The Morgan fingerprint density at radius 1 is 1.00 bits per heavy atom. The van der Waals surface area contributed by atoms with Gasteiger partial charge >= 0.3 is 5.97 Å². The number of phenols is 2. The Labute approximate surface area is 232 Å². The van der Waals surface area contributed by atoms with Gasteiger partial charge in [-0.2, -0.15) is 0 Å². The summed E-state index contributed by atoms with van der Waals surface area (Å²) in [5.74, 6) is 0.0573. The van der Waals surface area contributed by atoms with E-state index in [0.29, 0.717) is 37.0 Å². The molecule has 1 fully saturated rings. The van der Waals surface area contributed by atoms with Crippen molar-refractivity contribution in [2.45, 2.75) is 110 Å². The lowest BCUT2D eigenvalue weighted by Crippen LogP contribution is -2.25. The van der Waals surface area contributed by atoms with Crippen molar-refractivity contribution in [3.63, 3.8) is 0 Å². The van der Waals surface area contributed by atoms with Crippen LogP contribution in [0.1, 0.15) is 113 Å². The quantitative estimate of drug-likeness (QED) is 0.264. The molecule has 0 saturated heterocycles. The number of carbonyl (C=O) groups excluding carboxylic acids is 2. The molecule has 212 valence electrons. The van der Waals surface area contributed by atoms with Crippen molar-refractivity contribution in [1.29, 1.82) is 0 Å². The molecule has 0 bridgehead atoms. The maximum atomic E-state index is 13.3. The lowest BCUT2D eigenvalue weighted by atomic mass is 9.95. The molecule has 0 aromatic heterocycles. The molecule has 1 saturated carbocycles. The third-order valence-electron chi connectivity index (χ3n) is 7.85. The number of ether oxygens (including phenoxy) is 1. The lowest BCUT2D eigenvalue weighted by Gasteiger charge is -2.21. The first-order valence-corrected chi connectivity index (χ1v) is 14.3.